The van der Waals surface area contributed by atoms with E-state index in [2.05, 4.69) is 4.98 Å². The highest BCUT2D eigenvalue weighted by molar-refractivity contribution is 5.87. The summed E-state index contributed by atoms with van der Waals surface area (Å²) in [7, 11) is 0. The van der Waals surface area contributed by atoms with Crippen LogP contribution in [0.1, 0.15) is 21.6 Å². The van der Waals surface area contributed by atoms with E-state index in [0.717, 1.165) is 6.07 Å². The molecule has 0 spiro atoms. The molecule has 98 valence electrons. The van der Waals surface area contributed by atoms with Gasteiger partial charge in [-0.15, -0.1) is 0 Å². The van der Waals surface area contributed by atoms with E-state index < -0.39 is 17.5 Å². The van der Waals surface area contributed by atoms with Crippen molar-refractivity contribution in [2.45, 2.75) is 13.5 Å². The molecule has 1 aromatic carbocycles. The monoisotopic (exact) mass is 262 g/mol. The first-order chi connectivity index (χ1) is 8.97. The molecule has 0 aliphatic heterocycles. The average molecular weight is 262 g/mol. The first-order valence-corrected chi connectivity index (χ1v) is 5.53. The summed E-state index contributed by atoms with van der Waals surface area (Å²) in [5.41, 5.74) is 0.220. The number of carbonyl (C=O) groups is 1. The third-order valence-corrected chi connectivity index (χ3v) is 2.65. The molecule has 2 rings (SSSR count). The summed E-state index contributed by atoms with van der Waals surface area (Å²) in [5.74, 6) is -1.85. The maximum absolute atomic E-state index is 13.7. The molecule has 2 aromatic rings. The summed E-state index contributed by atoms with van der Waals surface area (Å²) in [6, 6.07) is 5.23. The van der Waals surface area contributed by atoms with E-state index in [1.807, 2.05) is 0 Å². The van der Waals surface area contributed by atoms with Crippen LogP contribution in [0.25, 0.3) is 0 Å². The summed E-state index contributed by atoms with van der Waals surface area (Å²) in [4.78, 5) is 26.0. The Morgan fingerprint density at radius 1 is 1.42 bits per heavy atom. The van der Waals surface area contributed by atoms with Crippen LogP contribution in [-0.4, -0.2) is 20.6 Å². The number of aromatic carboxylic acids is 1. The maximum Gasteiger partial charge on any atom is 0.348 e. The van der Waals surface area contributed by atoms with Gasteiger partial charge in [0.05, 0.1) is 12.1 Å². The zero-order valence-electron chi connectivity index (χ0n) is 10.1. The smallest absolute Gasteiger partial charge is 0.348 e. The van der Waals surface area contributed by atoms with Gasteiger partial charge in [-0.3, -0.25) is 4.57 Å². The molecule has 0 saturated heterocycles. The van der Waals surface area contributed by atoms with Gasteiger partial charge in [-0.25, -0.2) is 14.0 Å². The predicted molar refractivity (Wildman–Crippen MR) is 65.7 cm³/mol. The van der Waals surface area contributed by atoms with E-state index in [1.54, 1.807) is 13.0 Å². The van der Waals surface area contributed by atoms with E-state index in [4.69, 9.17) is 5.11 Å². The number of carboxylic acids is 1. The summed E-state index contributed by atoms with van der Waals surface area (Å²) in [6.07, 6.45) is 1.52. The number of hydrogen-bond donors (Lipinski definition) is 1. The van der Waals surface area contributed by atoms with E-state index in [1.165, 1.54) is 22.9 Å². The summed E-state index contributed by atoms with van der Waals surface area (Å²) in [6.45, 7) is 1.70. The van der Waals surface area contributed by atoms with Crippen molar-refractivity contribution in [1.82, 2.24) is 9.55 Å². The molecule has 6 heteroatoms. The highest BCUT2D eigenvalue weighted by Gasteiger charge is 2.09. The quantitative estimate of drug-likeness (QED) is 0.908. The molecule has 5 nitrogen and oxygen atoms in total. The normalized spacial score (nSPS) is 10.4. The van der Waals surface area contributed by atoms with Crippen LogP contribution in [0.4, 0.5) is 4.39 Å². The Kier molecular flexibility index (Phi) is 3.41. The third kappa shape index (κ3) is 2.85. The maximum atomic E-state index is 13.7. The number of aromatic nitrogens is 2. The van der Waals surface area contributed by atoms with Crippen molar-refractivity contribution in [3.05, 3.63) is 63.6 Å². The Morgan fingerprint density at radius 2 is 2.16 bits per heavy atom. The molecule has 0 atom stereocenters. The second-order valence-electron chi connectivity index (χ2n) is 4.09. The second-order valence-corrected chi connectivity index (χ2v) is 4.09. The Bertz CT molecular complexity index is 695. The van der Waals surface area contributed by atoms with Gasteiger partial charge in [0, 0.05) is 17.5 Å². The van der Waals surface area contributed by atoms with Crippen LogP contribution >= 0.6 is 0 Å². The molecule has 0 saturated carbocycles. The van der Waals surface area contributed by atoms with Crippen LogP contribution in [0.3, 0.4) is 0 Å². The lowest BCUT2D eigenvalue weighted by molar-refractivity contribution is 0.0696. The number of carboxylic acid groups (broad SMARTS) is 1. The van der Waals surface area contributed by atoms with E-state index in [9.17, 15) is 14.0 Å². The fraction of sp³-hybridized carbons (Fsp3) is 0.154. The third-order valence-electron chi connectivity index (χ3n) is 2.65. The van der Waals surface area contributed by atoms with Gasteiger partial charge >= 0.3 is 11.7 Å². The fourth-order valence-corrected chi connectivity index (χ4v) is 1.63. The van der Waals surface area contributed by atoms with Crippen LogP contribution < -0.4 is 5.69 Å². The molecular formula is C13H11FN2O3. The molecule has 1 heterocycles. The van der Waals surface area contributed by atoms with Crippen molar-refractivity contribution in [3.63, 3.8) is 0 Å². The molecule has 0 aliphatic carbocycles. The number of hydrogen-bond acceptors (Lipinski definition) is 3. The van der Waals surface area contributed by atoms with Crippen LogP contribution in [0.5, 0.6) is 0 Å². The van der Waals surface area contributed by atoms with Gasteiger partial charge in [-0.2, -0.15) is 4.98 Å². The molecule has 0 aliphatic rings. The van der Waals surface area contributed by atoms with Crippen LogP contribution in [0.15, 0.2) is 35.3 Å². The van der Waals surface area contributed by atoms with Gasteiger partial charge in [-0.1, -0.05) is 6.07 Å². The topological polar surface area (TPSA) is 72.2 Å². The molecule has 19 heavy (non-hydrogen) atoms. The van der Waals surface area contributed by atoms with Gasteiger partial charge in [0.15, 0.2) is 0 Å². The van der Waals surface area contributed by atoms with Crippen molar-refractivity contribution in [3.8, 4) is 0 Å². The number of rotatable bonds is 3. The molecule has 0 amide bonds. The van der Waals surface area contributed by atoms with Gasteiger partial charge in [-0.05, 0) is 25.1 Å². The van der Waals surface area contributed by atoms with Crippen molar-refractivity contribution in [2.24, 2.45) is 0 Å². The Balaban J connectivity index is 2.33. The standard InChI is InChI=1S/C13H11FN2O3/c1-8-4-5-16(13(19)15-8)7-10-3-2-9(12(17)18)6-11(10)14/h2-6H,7H2,1H3,(H,17,18). The number of aryl methyl sites for hydroxylation is 1. The largest absolute Gasteiger partial charge is 0.478 e. The average Bonchev–Trinajstić information content (AvgIpc) is 2.34. The SMILES string of the molecule is Cc1ccn(Cc2ccc(C(=O)O)cc2F)c(=O)n1. The summed E-state index contributed by atoms with van der Waals surface area (Å²) < 4.78 is 15.0. The molecule has 0 fully saturated rings. The lowest BCUT2D eigenvalue weighted by Crippen LogP contribution is -2.23. The highest BCUT2D eigenvalue weighted by atomic mass is 19.1. The first kappa shape index (κ1) is 12.9. The molecule has 0 unspecified atom stereocenters. The summed E-state index contributed by atoms with van der Waals surface area (Å²) >= 11 is 0. The fourth-order valence-electron chi connectivity index (χ4n) is 1.63. The Hall–Kier alpha value is -2.50. The highest BCUT2D eigenvalue weighted by Crippen LogP contribution is 2.11. The van der Waals surface area contributed by atoms with Gasteiger partial charge in [0.25, 0.3) is 0 Å². The van der Waals surface area contributed by atoms with E-state index in [-0.39, 0.29) is 17.7 Å². The Morgan fingerprint density at radius 3 is 2.74 bits per heavy atom. The minimum atomic E-state index is -1.19. The first-order valence-electron chi connectivity index (χ1n) is 5.53. The number of nitrogens with zero attached hydrogens (tertiary/aromatic N) is 2. The van der Waals surface area contributed by atoms with Crippen LogP contribution in [0, 0.1) is 12.7 Å². The Labute approximate surface area is 108 Å². The van der Waals surface area contributed by atoms with E-state index in [0.29, 0.717) is 5.69 Å². The van der Waals surface area contributed by atoms with Crippen molar-refractivity contribution in [1.29, 1.82) is 0 Å². The zero-order chi connectivity index (χ0) is 14.0. The van der Waals surface area contributed by atoms with Crippen molar-refractivity contribution >= 4 is 5.97 Å². The van der Waals surface area contributed by atoms with Crippen molar-refractivity contribution < 1.29 is 14.3 Å². The second kappa shape index (κ2) is 5.01. The number of halogens is 1. The molecule has 1 N–H and O–H groups in total. The predicted octanol–water partition coefficient (Wildman–Crippen LogP) is 1.44. The van der Waals surface area contributed by atoms with Crippen LogP contribution in [-0.2, 0) is 6.54 Å². The minimum Gasteiger partial charge on any atom is -0.478 e. The number of benzene rings is 1. The molecule has 0 bridgehead atoms. The molecule has 1 aromatic heterocycles. The van der Waals surface area contributed by atoms with Crippen LogP contribution in [0.2, 0.25) is 0 Å². The van der Waals surface area contributed by atoms with Gasteiger partial charge in [0.1, 0.15) is 5.82 Å². The van der Waals surface area contributed by atoms with Gasteiger partial charge in [0.2, 0.25) is 0 Å². The molecular weight excluding hydrogens is 251 g/mol. The minimum absolute atomic E-state index is 0.0118. The summed E-state index contributed by atoms with van der Waals surface area (Å²) in [5, 5.41) is 8.73. The van der Waals surface area contributed by atoms with Gasteiger partial charge < -0.3 is 5.11 Å². The van der Waals surface area contributed by atoms with E-state index >= 15 is 0 Å². The lowest BCUT2D eigenvalue weighted by Gasteiger charge is -2.07. The zero-order valence-corrected chi connectivity index (χ0v) is 10.1. The lowest BCUT2D eigenvalue weighted by atomic mass is 10.1. The van der Waals surface area contributed by atoms with Crippen molar-refractivity contribution in [2.75, 3.05) is 0 Å². The molecule has 0 radical (unpaired) electrons.